The summed E-state index contributed by atoms with van der Waals surface area (Å²) in [4.78, 5) is 11.7. The molecule has 0 aromatic heterocycles. The van der Waals surface area contributed by atoms with Gasteiger partial charge in [0, 0.05) is 5.69 Å². The Morgan fingerprint density at radius 1 is 1.44 bits per heavy atom. The summed E-state index contributed by atoms with van der Waals surface area (Å²) in [5.41, 5.74) is 0.117. The molecule has 0 radical (unpaired) electrons. The van der Waals surface area contributed by atoms with Crippen LogP contribution in [-0.2, 0) is 0 Å². The fourth-order valence-corrected chi connectivity index (χ4v) is 1.43. The number of rotatable bonds is 3. The fraction of sp³-hybridized carbons (Fsp3) is 0.462. The van der Waals surface area contributed by atoms with E-state index in [0.29, 0.717) is 5.69 Å². The van der Waals surface area contributed by atoms with Crippen LogP contribution in [0.1, 0.15) is 20.8 Å². The van der Waals surface area contributed by atoms with Gasteiger partial charge in [-0.2, -0.15) is 0 Å². The van der Waals surface area contributed by atoms with Crippen molar-refractivity contribution >= 4 is 11.7 Å². The van der Waals surface area contributed by atoms with Crippen molar-refractivity contribution in [2.24, 2.45) is 5.41 Å². The average molecular weight is 254 g/mol. The number of hydrogen-bond donors (Lipinski definition) is 3. The molecule has 0 spiro atoms. The lowest BCUT2D eigenvalue weighted by atomic mass is 9.87. The molecule has 0 saturated carbocycles. The van der Waals surface area contributed by atoms with Crippen molar-refractivity contribution in [1.29, 1.82) is 0 Å². The number of nitrogens with one attached hydrogen (secondary N) is 2. The van der Waals surface area contributed by atoms with Crippen LogP contribution in [0.4, 0.5) is 14.9 Å². The smallest absolute Gasteiger partial charge is 0.319 e. The summed E-state index contributed by atoms with van der Waals surface area (Å²) in [6.07, 6.45) is 0. The van der Waals surface area contributed by atoms with Crippen molar-refractivity contribution in [1.82, 2.24) is 5.32 Å². The second-order valence-electron chi connectivity index (χ2n) is 5.21. The lowest BCUT2D eigenvalue weighted by Gasteiger charge is -2.29. The molecule has 2 amide bonds. The molecule has 0 aliphatic rings. The van der Waals surface area contributed by atoms with E-state index in [0.717, 1.165) is 0 Å². The van der Waals surface area contributed by atoms with Crippen LogP contribution in [0.5, 0.6) is 0 Å². The van der Waals surface area contributed by atoms with E-state index in [1.165, 1.54) is 18.2 Å². The number of halogens is 1. The van der Waals surface area contributed by atoms with E-state index in [-0.39, 0.29) is 18.1 Å². The van der Waals surface area contributed by atoms with Crippen LogP contribution in [0.2, 0.25) is 0 Å². The molecule has 0 fully saturated rings. The van der Waals surface area contributed by atoms with Crippen LogP contribution in [0, 0.1) is 11.2 Å². The van der Waals surface area contributed by atoms with E-state index in [2.05, 4.69) is 10.6 Å². The minimum Gasteiger partial charge on any atom is -0.394 e. The predicted octanol–water partition coefficient (Wildman–Crippen LogP) is 2.35. The van der Waals surface area contributed by atoms with Crippen LogP contribution >= 0.6 is 0 Å². The minimum atomic E-state index is -0.463. The van der Waals surface area contributed by atoms with Crippen LogP contribution < -0.4 is 10.6 Å². The molecule has 0 aliphatic carbocycles. The Bertz CT molecular complexity index is 416. The molecule has 0 unspecified atom stereocenters. The Labute approximate surface area is 106 Å². The summed E-state index contributed by atoms with van der Waals surface area (Å²) in [5.74, 6) is -0.415. The van der Waals surface area contributed by atoms with E-state index in [1.807, 2.05) is 20.8 Å². The molecule has 1 rings (SSSR count). The molecule has 0 saturated heterocycles. The molecule has 4 nitrogen and oxygen atoms in total. The highest BCUT2D eigenvalue weighted by Gasteiger charge is 2.25. The number of urea groups is 1. The van der Waals surface area contributed by atoms with Gasteiger partial charge in [-0.15, -0.1) is 0 Å². The highest BCUT2D eigenvalue weighted by Crippen LogP contribution is 2.19. The molecule has 3 N–H and O–H groups in total. The molecule has 5 heteroatoms. The van der Waals surface area contributed by atoms with E-state index in [1.54, 1.807) is 6.07 Å². The van der Waals surface area contributed by atoms with Gasteiger partial charge in [-0.05, 0) is 23.6 Å². The molecule has 1 aromatic carbocycles. The van der Waals surface area contributed by atoms with Gasteiger partial charge in [-0.25, -0.2) is 9.18 Å². The SMILES string of the molecule is CC(C)(C)[C@H](CO)NC(=O)Nc1cccc(F)c1. The van der Waals surface area contributed by atoms with Gasteiger partial charge in [0.1, 0.15) is 5.82 Å². The monoisotopic (exact) mass is 254 g/mol. The molecule has 1 atom stereocenters. The zero-order valence-electron chi connectivity index (χ0n) is 10.8. The molecule has 1 aromatic rings. The molecule has 18 heavy (non-hydrogen) atoms. The molecule has 0 bridgehead atoms. The first-order chi connectivity index (χ1) is 8.32. The summed E-state index contributed by atoms with van der Waals surface area (Å²) in [6.45, 7) is 5.59. The van der Waals surface area contributed by atoms with Crippen LogP contribution in [0.3, 0.4) is 0 Å². The second kappa shape index (κ2) is 5.82. The maximum Gasteiger partial charge on any atom is 0.319 e. The number of hydrogen-bond acceptors (Lipinski definition) is 2. The standard InChI is InChI=1S/C13H19FN2O2/c1-13(2,3)11(8-17)16-12(18)15-10-6-4-5-9(14)7-10/h4-7,11,17H,8H2,1-3H3,(H2,15,16,18)/t11-/m0/s1. The van der Waals surface area contributed by atoms with Gasteiger partial charge in [0.15, 0.2) is 0 Å². The fourth-order valence-electron chi connectivity index (χ4n) is 1.43. The number of anilines is 1. The molecule has 100 valence electrons. The van der Waals surface area contributed by atoms with Gasteiger partial charge in [0.25, 0.3) is 0 Å². The molecular weight excluding hydrogens is 235 g/mol. The van der Waals surface area contributed by atoms with Crippen molar-refractivity contribution in [3.63, 3.8) is 0 Å². The van der Waals surface area contributed by atoms with Crippen molar-refractivity contribution in [2.75, 3.05) is 11.9 Å². The highest BCUT2D eigenvalue weighted by atomic mass is 19.1. The van der Waals surface area contributed by atoms with E-state index in [9.17, 15) is 14.3 Å². The van der Waals surface area contributed by atoms with Gasteiger partial charge in [-0.3, -0.25) is 0 Å². The van der Waals surface area contributed by atoms with Crippen LogP contribution in [0.15, 0.2) is 24.3 Å². The first-order valence-electron chi connectivity index (χ1n) is 5.77. The number of carbonyl (C=O) groups is 1. The lowest BCUT2D eigenvalue weighted by Crippen LogP contribution is -2.47. The third kappa shape index (κ3) is 4.33. The van der Waals surface area contributed by atoms with Crippen molar-refractivity contribution in [3.8, 4) is 0 Å². The van der Waals surface area contributed by atoms with Crippen molar-refractivity contribution in [3.05, 3.63) is 30.1 Å². The summed E-state index contributed by atoms with van der Waals surface area (Å²) >= 11 is 0. The second-order valence-corrected chi connectivity index (χ2v) is 5.21. The maximum atomic E-state index is 12.9. The third-order valence-electron chi connectivity index (χ3n) is 2.62. The summed E-state index contributed by atoms with van der Waals surface area (Å²) < 4.78 is 12.9. The average Bonchev–Trinajstić information content (AvgIpc) is 2.24. The maximum absolute atomic E-state index is 12.9. The highest BCUT2D eigenvalue weighted by molar-refractivity contribution is 5.89. The summed E-state index contributed by atoms with van der Waals surface area (Å²) in [7, 11) is 0. The zero-order chi connectivity index (χ0) is 13.8. The van der Waals surface area contributed by atoms with E-state index < -0.39 is 11.8 Å². The number of amides is 2. The van der Waals surface area contributed by atoms with Gasteiger partial charge < -0.3 is 15.7 Å². The Morgan fingerprint density at radius 2 is 2.11 bits per heavy atom. The topological polar surface area (TPSA) is 61.4 Å². The Balaban J connectivity index is 2.61. The molecule has 0 aliphatic heterocycles. The van der Waals surface area contributed by atoms with Gasteiger partial charge in [0.05, 0.1) is 12.6 Å². The summed E-state index contributed by atoms with van der Waals surface area (Å²) in [5, 5.41) is 14.4. The number of aliphatic hydroxyl groups is 1. The van der Waals surface area contributed by atoms with E-state index in [4.69, 9.17) is 0 Å². The Morgan fingerprint density at radius 3 is 2.61 bits per heavy atom. The van der Waals surface area contributed by atoms with Crippen molar-refractivity contribution < 1.29 is 14.3 Å². The van der Waals surface area contributed by atoms with Gasteiger partial charge in [-0.1, -0.05) is 26.8 Å². The molecule has 0 heterocycles. The lowest BCUT2D eigenvalue weighted by molar-refractivity contribution is 0.162. The predicted molar refractivity (Wildman–Crippen MR) is 68.9 cm³/mol. The normalized spacial score (nSPS) is 12.9. The molecular formula is C13H19FN2O2. The zero-order valence-corrected chi connectivity index (χ0v) is 10.8. The van der Waals surface area contributed by atoms with Crippen molar-refractivity contribution in [2.45, 2.75) is 26.8 Å². The first kappa shape index (κ1) is 14.4. The third-order valence-corrected chi connectivity index (χ3v) is 2.62. The van der Waals surface area contributed by atoms with Gasteiger partial charge in [0.2, 0.25) is 0 Å². The van der Waals surface area contributed by atoms with Crippen LogP contribution in [-0.4, -0.2) is 23.8 Å². The number of aliphatic hydroxyl groups excluding tert-OH is 1. The summed E-state index contributed by atoms with van der Waals surface area (Å²) in [6, 6.07) is 4.80. The first-order valence-corrected chi connectivity index (χ1v) is 5.77. The Kier molecular flexibility index (Phi) is 4.67. The quantitative estimate of drug-likeness (QED) is 0.775. The minimum absolute atomic E-state index is 0.153. The number of benzene rings is 1. The largest absolute Gasteiger partial charge is 0.394 e. The Hall–Kier alpha value is -1.62. The van der Waals surface area contributed by atoms with E-state index >= 15 is 0 Å². The number of carbonyl (C=O) groups excluding carboxylic acids is 1. The van der Waals surface area contributed by atoms with Gasteiger partial charge >= 0.3 is 6.03 Å². The van der Waals surface area contributed by atoms with Crippen LogP contribution in [0.25, 0.3) is 0 Å².